The Morgan fingerprint density at radius 2 is 2.26 bits per heavy atom. The van der Waals surface area contributed by atoms with Crippen LogP contribution in [0.5, 0.6) is 5.88 Å². The van der Waals surface area contributed by atoms with Crippen LogP contribution >= 0.6 is 11.6 Å². The molecule has 0 bridgehead atoms. The molecule has 98 valence electrons. The van der Waals surface area contributed by atoms with E-state index in [1.54, 1.807) is 16.8 Å². The van der Waals surface area contributed by atoms with Crippen LogP contribution in [0.2, 0.25) is 5.02 Å². The molecule has 3 rings (SSSR count). The first-order chi connectivity index (χ1) is 9.25. The second-order valence-corrected chi connectivity index (χ2v) is 4.63. The molecule has 2 heterocycles. The first-order valence-corrected chi connectivity index (χ1v) is 6.38. The number of benzene rings is 1. The molecule has 0 radical (unpaired) electrons. The van der Waals surface area contributed by atoms with Crippen molar-refractivity contribution >= 4 is 23.2 Å². The van der Waals surface area contributed by atoms with Gasteiger partial charge in [-0.05, 0) is 12.1 Å². The van der Waals surface area contributed by atoms with Crippen molar-refractivity contribution in [2.24, 2.45) is 0 Å². The van der Waals surface area contributed by atoms with Crippen molar-refractivity contribution in [3.63, 3.8) is 0 Å². The van der Waals surface area contributed by atoms with Gasteiger partial charge in [0.1, 0.15) is 5.56 Å². The third-order valence-electron chi connectivity index (χ3n) is 2.91. The smallest absolute Gasteiger partial charge is 0.262 e. The van der Waals surface area contributed by atoms with Crippen molar-refractivity contribution in [3.05, 3.63) is 41.0 Å². The van der Waals surface area contributed by atoms with E-state index in [4.69, 9.17) is 16.3 Å². The lowest BCUT2D eigenvalue weighted by Gasteiger charge is -2.16. The quantitative estimate of drug-likeness (QED) is 0.918. The van der Waals surface area contributed by atoms with Crippen molar-refractivity contribution < 1.29 is 9.53 Å². The van der Waals surface area contributed by atoms with Gasteiger partial charge in [0.05, 0.1) is 23.5 Å². The zero-order chi connectivity index (χ0) is 13.2. The van der Waals surface area contributed by atoms with Gasteiger partial charge in [-0.2, -0.15) is 5.10 Å². The average molecular weight is 278 g/mol. The number of halogens is 1. The van der Waals surface area contributed by atoms with Gasteiger partial charge < -0.3 is 10.1 Å². The molecule has 0 atom stereocenters. The lowest BCUT2D eigenvalue weighted by atomic mass is 10.2. The fourth-order valence-corrected chi connectivity index (χ4v) is 2.16. The van der Waals surface area contributed by atoms with Crippen LogP contribution in [-0.4, -0.2) is 22.3 Å². The van der Waals surface area contributed by atoms with Gasteiger partial charge in [-0.3, -0.25) is 4.79 Å². The van der Waals surface area contributed by atoms with Crippen molar-refractivity contribution in [1.29, 1.82) is 0 Å². The number of nitrogens with zero attached hydrogens (tertiary/aromatic N) is 2. The average Bonchev–Trinajstić information content (AvgIpc) is 2.85. The molecular formula is C13H12ClN3O2. The van der Waals surface area contributed by atoms with Gasteiger partial charge >= 0.3 is 0 Å². The molecule has 0 saturated carbocycles. The zero-order valence-electron chi connectivity index (χ0n) is 10.1. The Morgan fingerprint density at radius 3 is 3.11 bits per heavy atom. The van der Waals surface area contributed by atoms with Gasteiger partial charge in [0, 0.05) is 13.0 Å². The monoisotopic (exact) mass is 277 g/mol. The molecule has 1 aromatic heterocycles. The summed E-state index contributed by atoms with van der Waals surface area (Å²) < 4.78 is 7.19. The van der Waals surface area contributed by atoms with Crippen molar-refractivity contribution in [2.45, 2.75) is 13.0 Å². The SMILES string of the molecule is O=C(Nc1ccccc1Cl)c1cnn2c1OCCC2. The van der Waals surface area contributed by atoms with Crippen molar-refractivity contribution in [2.75, 3.05) is 11.9 Å². The Labute approximate surface area is 115 Å². The summed E-state index contributed by atoms with van der Waals surface area (Å²) in [5.74, 6) is 0.257. The zero-order valence-corrected chi connectivity index (χ0v) is 10.9. The highest BCUT2D eigenvalue weighted by Crippen LogP contribution is 2.25. The molecule has 1 aliphatic heterocycles. The van der Waals surface area contributed by atoms with E-state index in [0.29, 0.717) is 28.8 Å². The molecule has 1 aromatic carbocycles. The molecule has 1 N–H and O–H groups in total. The van der Waals surface area contributed by atoms with Gasteiger partial charge in [0.2, 0.25) is 5.88 Å². The predicted molar refractivity (Wildman–Crippen MR) is 71.7 cm³/mol. The molecule has 0 saturated heterocycles. The maximum absolute atomic E-state index is 12.2. The summed E-state index contributed by atoms with van der Waals surface area (Å²) in [4.78, 5) is 12.2. The molecule has 19 heavy (non-hydrogen) atoms. The van der Waals surface area contributed by atoms with Crippen LogP contribution in [0, 0.1) is 0 Å². The van der Waals surface area contributed by atoms with E-state index in [1.807, 2.05) is 12.1 Å². The highest BCUT2D eigenvalue weighted by atomic mass is 35.5. The number of fused-ring (bicyclic) bond motifs is 1. The standard InChI is InChI=1S/C13H12ClN3O2/c14-10-4-1-2-5-11(10)16-12(18)9-8-15-17-6-3-7-19-13(9)17/h1-2,4-5,8H,3,6-7H2,(H,16,18). The Bertz CT molecular complexity index is 624. The van der Waals surface area contributed by atoms with Gasteiger partial charge in [0.15, 0.2) is 0 Å². The minimum absolute atomic E-state index is 0.267. The normalized spacial score (nSPS) is 13.5. The first-order valence-electron chi connectivity index (χ1n) is 6.00. The van der Waals surface area contributed by atoms with Gasteiger partial charge in [-0.25, -0.2) is 4.68 Å². The molecule has 0 unspecified atom stereocenters. The molecule has 1 amide bonds. The van der Waals surface area contributed by atoms with Crippen LogP contribution in [-0.2, 0) is 6.54 Å². The summed E-state index contributed by atoms with van der Waals surface area (Å²) in [5, 5.41) is 7.40. The number of hydrogen-bond donors (Lipinski definition) is 1. The van der Waals surface area contributed by atoms with Gasteiger partial charge in [0.25, 0.3) is 5.91 Å². The highest BCUT2D eigenvalue weighted by Gasteiger charge is 2.21. The topological polar surface area (TPSA) is 56.2 Å². The summed E-state index contributed by atoms with van der Waals surface area (Å²) >= 11 is 6.01. The maximum atomic E-state index is 12.2. The number of aromatic nitrogens is 2. The maximum Gasteiger partial charge on any atom is 0.262 e. The fourth-order valence-electron chi connectivity index (χ4n) is 1.98. The Balaban J connectivity index is 1.85. The number of rotatable bonds is 2. The van der Waals surface area contributed by atoms with E-state index < -0.39 is 0 Å². The van der Waals surface area contributed by atoms with E-state index in [1.165, 1.54) is 6.20 Å². The molecule has 0 fully saturated rings. The number of anilines is 1. The van der Waals surface area contributed by atoms with E-state index in [2.05, 4.69) is 10.4 Å². The molecule has 0 aliphatic carbocycles. The predicted octanol–water partition coefficient (Wildman–Crippen LogP) is 2.57. The van der Waals surface area contributed by atoms with Crippen LogP contribution in [0.15, 0.2) is 30.5 Å². The summed E-state index contributed by atoms with van der Waals surface area (Å²) in [6.45, 7) is 1.38. The second-order valence-electron chi connectivity index (χ2n) is 4.22. The third-order valence-corrected chi connectivity index (χ3v) is 3.24. The molecule has 0 spiro atoms. The summed E-state index contributed by atoms with van der Waals surface area (Å²) in [6, 6.07) is 7.09. The number of carbonyl (C=O) groups is 1. The van der Waals surface area contributed by atoms with E-state index in [9.17, 15) is 4.79 Å². The van der Waals surface area contributed by atoms with Crippen molar-refractivity contribution in [3.8, 4) is 5.88 Å². The van der Waals surface area contributed by atoms with Gasteiger partial charge in [-0.15, -0.1) is 0 Å². The van der Waals surface area contributed by atoms with Crippen LogP contribution < -0.4 is 10.1 Å². The molecule has 2 aromatic rings. The second kappa shape index (κ2) is 4.93. The Morgan fingerprint density at radius 1 is 1.42 bits per heavy atom. The largest absolute Gasteiger partial charge is 0.477 e. The number of hydrogen-bond acceptors (Lipinski definition) is 3. The van der Waals surface area contributed by atoms with E-state index >= 15 is 0 Å². The first kappa shape index (κ1) is 12.0. The Hall–Kier alpha value is -2.01. The molecular weight excluding hydrogens is 266 g/mol. The van der Waals surface area contributed by atoms with Crippen LogP contribution in [0.4, 0.5) is 5.69 Å². The molecule has 1 aliphatic rings. The van der Waals surface area contributed by atoms with Gasteiger partial charge in [-0.1, -0.05) is 23.7 Å². The number of nitrogens with one attached hydrogen (secondary N) is 1. The third kappa shape index (κ3) is 2.29. The molecule has 6 heteroatoms. The lowest BCUT2D eigenvalue weighted by molar-refractivity contribution is 0.102. The highest BCUT2D eigenvalue weighted by molar-refractivity contribution is 6.33. The number of carbonyl (C=O) groups excluding carboxylic acids is 1. The van der Waals surface area contributed by atoms with E-state index in [-0.39, 0.29) is 5.91 Å². The molecule has 5 nitrogen and oxygen atoms in total. The number of amides is 1. The fraction of sp³-hybridized carbons (Fsp3) is 0.231. The number of para-hydroxylation sites is 1. The minimum Gasteiger partial charge on any atom is -0.477 e. The van der Waals surface area contributed by atoms with Crippen molar-refractivity contribution in [1.82, 2.24) is 9.78 Å². The minimum atomic E-state index is -0.267. The number of ether oxygens (including phenoxy) is 1. The summed E-state index contributed by atoms with van der Waals surface area (Å²) in [5.41, 5.74) is 1.00. The lowest BCUT2D eigenvalue weighted by Crippen LogP contribution is -2.18. The Kier molecular flexibility index (Phi) is 3.13. The van der Waals surface area contributed by atoms with Crippen LogP contribution in [0.3, 0.4) is 0 Å². The summed E-state index contributed by atoms with van der Waals surface area (Å²) in [7, 11) is 0. The number of aryl methyl sites for hydroxylation is 1. The van der Waals surface area contributed by atoms with E-state index in [0.717, 1.165) is 13.0 Å². The van der Waals surface area contributed by atoms with Crippen LogP contribution in [0.25, 0.3) is 0 Å². The summed E-state index contributed by atoms with van der Waals surface area (Å²) in [6.07, 6.45) is 2.42. The van der Waals surface area contributed by atoms with Crippen LogP contribution in [0.1, 0.15) is 16.8 Å².